The number of imidazole rings is 1. The Morgan fingerprint density at radius 1 is 0.938 bits per heavy atom. The van der Waals surface area contributed by atoms with E-state index in [1.165, 1.54) is 5.56 Å². The number of nitrogens with zero attached hydrogens (tertiary/aromatic N) is 2. The van der Waals surface area contributed by atoms with Gasteiger partial charge < -0.3 is 14.4 Å². The highest BCUT2D eigenvalue weighted by atomic mass is 16.5. The van der Waals surface area contributed by atoms with Gasteiger partial charge in [-0.3, -0.25) is 4.79 Å². The summed E-state index contributed by atoms with van der Waals surface area (Å²) in [6.07, 6.45) is 2.58. The van der Waals surface area contributed by atoms with E-state index in [4.69, 9.17) is 14.8 Å². The standard InChI is InChI=1S/C27H28N2O3/c1-20-14-16-21(17-15-20)27-28-23-10-5-6-11-24(23)29(27)19-22-9-4-7-12-25(22)32-18-8-2-3-13-26(30)31/h4-7,9-12,14-17H,2-3,8,13,18-19H2,1H3,(H,30,31). The first-order chi connectivity index (χ1) is 15.6. The van der Waals surface area contributed by atoms with Gasteiger partial charge in [0.05, 0.1) is 24.2 Å². The molecule has 0 bridgehead atoms. The summed E-state index contributed by atoms with van der Waals surface area (Å²) in [4.78, 5) is 15.6. The van der Waals surface area contributed by atoms with Crippen molar-refractivity contribution in [2.75, 3.05) is 6.61 Å². The molecule has 0 aliphatic rings. The highest BCUT2D eigenvalue weighted by Crippen LogP contribution is 2.28. The van der Waals surface area contributed by atoms with Gasteiger partial charge in [-0.25, -0.2) is 4.98 Å². The van der Waals surface area contributed by atoms with Crippen LogP contribution in [0.1, 0.15) is 36.8 Å². The van der Waals surface area contributed by atoms with Crippen molar-refractivity contribution in [1.82, 2.24) is 9.55 Å². The van der Waals surface area contributed by atoms with Gasteiger partial charge in [0, 0.05) is 17.5 Å². The van der Waals surface area contributed by atoms with Gasteiger partial charge in [-0.05, 0) is 44.4 Å². The fraction of sp³-hybridized carbons (Fsp3) is 0.259. The van der Waals surface area contributed by atoms with Crippen molar-refractivity contribution < 1.29 is 14.6 Å². The Balaban J connectivity index is 1.57. The number of unbranched alkanes of at least 4 members (excludes halogenated alkanes) is 2. The first-order valence-electron chi connectivity index (χ1n) is 11.1. The van der Waals surface area contributed by atoms with Crippen molar-refractivity contribution in [3.05, 3.63) is 83.9 Å². The summed E-state index contributed by atoms with van der Waals surface area (Å²) in [7, 11) is 0. The van der Waals surface area contributed by atoms with Crippen molar-refractivity contribution in [2.45, 2.75) is 39.2 Å². The number of carboxylic acid groups (broad SMARTS) is 1. The predicted octanol–water partition coefficient (Wildman–Crippen LogP) is 6.08. The number of benzene rings is 3. The third-order valence-corrected chi connectivity index (χ3v) is 5.56. The molecule has 0 fully saturated rings. The molecule has 1 aromatic heterocycles. The lowest BCUT2D eigenvalue weighted by molar-refractivity contribution is -0.137. The number of carbonyl (C=O) groups is 1. The highest BCUT2D eigenvalue weighted by Gasteiger charge is 2.14. The molecule has 32 heavy (non-hydrogen) atoms. The summed E-state index contributed by atoms with van der Waals surface area (Å²) in [5.41, 5.74) is 5.46. The topological polar surface area (TPSA) is 64.4 Å². The minimum Gasteiger partial charge on any atom is -0.493 e. The van der Waals surface area contributed by atoms with E-state index >= 15 is 0 Å². The monoisotopic (exact) mass is 428 g/mol. The Hall–Kier alpha value is -3.60. The van der Waals surface area contributed by atoms with Crippen molar-refractivity contribution in [2.24, 2.45) is 0 Å². The Labute approximate surface area is 188 Å². The number of rotatable bonds is 10. The van der Waals surface area contributed by atoms with Crippen LogP contribution in [0.3, 0.4) is 0 Å². The first kappa shape index (κ1) is 21.6. The number of hydrogen-bond acceptors (Lipinski definition) is 3. The zero-order chi connectivity index (χ0) is 22.3. The maximum atomic E-state index is 10.7. The lowest BCUT2D eigenvalue weighted by Crippen LogP contribution is -2.06. The molecule has 4 aromatic rings. The second-order valence-corrected chi connectivity index (χ2v) is 8.04. The smallest absolute Gasteiger partial charge is 0.303 e. The van der Waals surface area contributed by atoms with Gasteiger partial charge in [0.1, 0.15) is 11.6 Å². The van der Waals surface area contributed by atoms with Crippen LogP contribution in [0.2, 0.25) is 0 Å². The van der Waals surface area contributed by atoms with Crippen molar-refractivity contribution >= 4 is 17.0 Å². The van der Waals surface area contributed by atoms with Crippen molar-refractivity contribution in [1.29, 1.82) is 0 Å². The number of aromatic nitrogens is 2. The quantitative estimate of drug-likeness (QED) is 0.311. The number of aryl methyl sites for hydroxylation is 1. The number of fused-ring (bicyclic) bond motifs is 1. The lowest BCUT2D eigenvalue weighted by Gasteiger charge is -2.14. The maximum Gasteiger partial charge on any atom is 0.303 e. The molecule has 1 N–H and O–H groups in total. The molecule has 164 valence electrons. The SMILES string of the molecule is Cc1ccc(-c2nc3ccccc3n2Cc2ccccc2OCCCCCC(=O)O)cc1. The second-order valence-electron chi connectivity index (χ2n) is 8.04. The van der Waals surface area contributed by atoms with Crippen LogP contribution >= 0.6 is 0 Å². The molecule has 1 heterocycles. The molecule has 0 aliphatic carbocycles. The maximum absolute atomic E-state index is 10.7. The van der Waals surface area contributed by atoms with E-state index in [9.17, 15) is 4.79 Å². The number of carboxylic acids is 1. The van der Waals surface area contributed by atoms with Crippen LogP contribution in [-0.2, 0) is 11.3 Å². The van der Waals surface area contributed by atoms with E-state index in [2.05, 4.69) is 47.9 Å². The third-order valence-electron chi connectivity index (χ3n) is 5.56. The molecule has 0 unspecified atom stereocenters. The number of hydrogen-bond donors (Lipinski definition) is 1. The molecule has 0 aliphatic heterocycles. The molecule has 5 nitrogen and oxygen atoms in total. The molecule has 4 rings (SSSR count). The fourth-order valence-corrected chi connectivity index (χ4v) is 3.84. The summed E-state index contributed by atoms with van der Waals surface area (Å²) in [5, 5.41) is 8.76. The molecule has 0 spiro atoms. The van der Waals surface area contributed by atoms with E-state index in [0.29, 0.717) is 19.6 Å². The molecule has 3 aromatic carbocycles. The fourth-order valence-electron chi connectivity index (χ4n) is 3.84. The van der Waals surface area contributed by atoms with Gasteiger partial charge in [-0.2, -0.15) is 0 Å². The van der Waals surface area contributed by atoms with Crippen LogP contribution in [-0.4, -0.2) is 27.2 Å². The lowest BCUT2D eigenvalue weighted by atomic mass is 10.1. The molecule has 0 saturated carbocycles. The summed E-state index contributed by atoms with van der Waals surface area (Å²) in [5.74, 6) is 1.06. The number of ether oxygens (including phenoxy) is 1. The van der Waals surface area contributed by atoms with E-state index in [1.807, 2.05) is 36.4 Å². The molecule has 0 amide bonds. The van der Waals surface area contributed by atoms with Gasteiger partial charge in [-0.15, -0.1) is 0 Å². The van der Waals surface area contributed by atoms with Crippen LogP contribution in [0.4, 0.5) is 0 Å². The molecular formula is C27H28N2O3. The Morgan fingerprint density at radius 2 is 1.69 bits per heavy atom. The summed E-state index contributed by atoms with van der Waals surface area (Å²) >= 11 is 0. The molecule has 0 radical (unpaired) electrons. The number of aliphatic carboxylic acids is 1. The molecule has 5 heteroatoms. The third kappa shape index (κ3) is 5.17. The van der Waals surface area contributed by atoms with Crippen molar-refractivity contribution in [3.63, 3.8) is 0 Å². The van der Waals surface area contributed by atoms with Crippen LogP contribution in [0.15, 0.2) is 72.8 Å². The van der Waals surface area contributed by atoms with E-state index in [-0.39, 0.29) is 6.42 Å². The first-order valence-corrected chi connectivity index (χ1v) is 11.1. The Bertz CT molecular complexity index is 1200. The van der Waals surface area contributed by atoms with Crippen LogP contribution in [0.5, 0.6) is 5.75 Å². The second kappa shape index (κ2) is 10.1. The summed E-state index contributed by atoms with van der Waals surface area (Å²) in [6.45, 7) is 3.31. The average Bonchev–Trinajstić information content (AvgIpc) is 3.16. The van der Waals surface area contributed by atoms with Crippen LogP contribution in [0, 0.1) is 6.92 Å². The Kier molecular flexibility index (Phi) is 6.85. The summed E-state index contributed by atoms with van der Waals surface area (Å²) in [6, 6.07) is 24.8. The zero-order valence-electron chi connectivity index (χ0n) is 18.3. The number of para-hydroxylation sites is 3. The minimum atomic E-state index is -0.742. The van der Waals surface area contributed by atoms with Gasteiger partial charge in [-0.1, -0.05) is 60.2 Å². The van der Waals surface area contributed by atoms with Crippen LogP contribution < -0.4 is 4.74 Å². The normalized spacial score (nSPS) is 11.0. The van der Waals surface area contributed by atoms with Crippen molar-refractivity contribution in [3.8, 4) is 17.1 Å². The van der Waals surface area contributed by atoms with Crippen LogP contribution in [0.25, 0.3) is 22.4 Å². The average molecular weight is 429 g/mol. The van der Waals surface area contributed by atoms with Gasteiger partial charge in [0.15, 0.2) is 0 Å². The van der Waals surface area contributed by atoms with E-state index < -0.39 is 5.97 Å². The van der Waals surface area contributed by atoms with Gasteiger partial charge >= 0.3 is 5.97 Å². The minimum absolute atomic E-state index is 0.214. The summed E-state index contributed by atoms with van der Waals surface area (Å²) < 4.78 is 8.33. The van der Waals surface area contributed by atoms with Gasteiger partial charge in [0.2, 0.25) is 0 Å². The van der Waals surface area contributed by atoms with E-state index in [0.717, 1.165) is 46.6 Å². The molecular weight excluding hydrogens is 400 g/mol. The predicted molar refractivity (Wildman–Crippen MR) is 127 cm³/mol. The van der Waals surface area contributed by atoms with Gasteiger partial charge in [0.25, 0.3) is 0 Å². The highest BCUT2D eigenvalue weighted by molar-refractivity contribution is 5.80. The molecule has 0 atom stereocenters. The molecule has 0 saturated heterocycles. The largest absolute Gasteiger partial charge is 0.493 e. The Morgan fingerprint density at radius 3 is 2.50 bits per heavy atom. The zero-order valence-corrected chi connectivity index (χ0v) is 18.3. The van der Waals surface area contributed by atoms with E-state index in [1.54, 1.807) is 0 Å².